The van der Waals surface area contributed by atoms with E-state index in [1.165, 1.54) is 0 Å². The highest BCUT2D eigenvalue weighted by Crippen LogP contribution is 2.21. The number of halogens is 1. The van der Waals surface area contributed by atoms with Gasteiger partial charge in [0.2, 0.25) is 5.91 Å². The van der Waals surface area contributed by atoms with Crippen LogP contribution in [0.15, 0.2) is 48.5 Å². The predicted octanol–water partition coefficient (Wildman–Crippen LogP) is 3.55. The van der Waals surface area contributed by atoms with Crippen molar-refractivity contribution in [1.82, 2.24) is 0 Å². The van der Waals surface area contributed by atoms with Gasteiger partial charge in [0.05, 0.1) is 5.69 Å². The van der Waals surface area contributed by atoms with Crippen LogP contribution in [0.1, 0.15) is 17.5 Å². The lowest BCUT2D eigenvalue weighted by Crippen LogP contribution is -2.17. The lowest BCUT2D eigenvalue weighted by Gasteiger charge is -2.10. The van der Waals surface area contributed by atoms with E-state index in [2.05, 4.69) is 5.32 Å². The summed E-state index contributed by atoms with van der Waals surface area (Å²) < 4.78 is 0. The van der Waals surface area contributed by atoms with Crippen LogP contribution < -0.4 is 11.1 Å². The molecule has 0 saturated heterocycles. The second-order valence-electron chi connectivity index (χ2n) is 4.59. The van der Waals surface area contributed by atoms with Crippen molar-refractivity contribution >= 4 is 40.4 Å². The van der Waals surface area contributed by atoms with Crippen molar-refractivity contribution in [3.05, 3.63) is 64.7 Å². The molecule has 0 bridgehead atoms. The molecule has 0 heterocycles. The summed E-state index contributed by atoms with van der Waals surface area (Å²) in [6.07, 6.45) is 1.06. The number of nitrogens with two attached hydrogens (primary N) is 1. The molecule has 0 aromatic heterocycles. The van der Waals surface area contributed by atoms with Crippen LogP contribution in [-0.2, 0) is 11.2 Å². The Labute approximate surface area is 134 Å². The van der Waals surface area contributed by atoms with E-state index in [4.69, 9.17) is 29.6 Å². The Balaban J connectivity index is 2.02. The van der Waals surface area contributed by atoms with E-state index in [0.29, 0.717) is 29.1 Å². The summed E-state index contributed by atoms with van der Waals surface area (Å²) in [6, 6.07) is 14.9. The molecule has 2 aromatic carbocycles. The van der Waals surface area contributed by atoms with Crippen LogP contribution in [0.4, 0.5) is 5.69 Å². The zero-order valence-electron chi connectivity index (χ0n) is 11.3. The van der Waals surface area contributed by atoms with Crippen molar-refractivity contribution in [1.29, 1.82) is 0 Å². The van der Waals surface area contributed by atoms with Crippen LogP contribution in [0.3, 0.4) is 0 Å². The summed E-state index contributed by atoms with van der Waals surface area (Å²) >= 11 is 10.9. The second-order valence-corrected chi connectivity index (χ2v) is 5.46. The number of aryl methyl sites for hydroxylation is 1. The molecule has 0 spiro atoms. The SMILES string of the molecule is NC(=S)c1ccc(Cl)cc1NC(=O)CCc1ccccc1. The number of anilines is 1. The Morgan fingerprint density at radius 2 is 1.90 bits per heavy atom. The summed E-state index contributed by atoms with van der Waals surface area (Å²) in [6.45, 7) is 0. The van der Waals surface area contributed by atoms with Crippen molar-refractivity contribution in [3.63, 3.8) is 0 Å². The van der Waals surface area contributed by atoms with Crippen LogP contribution in [0.2, 0.25) is 5.02 Å². The lowest BCUT2D eigenvalue weighted by atomic mass is 10.1. The highest BCUT2D eigenvalue weighted by atomic mass is 35.5. The topological polar surface area (TPSA) is 55.1 Å². The fourth-order valence-electron chi connectivity index (χ4n) is 1.95. The Kier molecular flexibility index (Phi) is 5.31. The van der Waals surface area contributed by atoms with Crippen LogP contribution in [0.25, 0.3) is 0 Å². The summed E-state index contributed by atoms with van der Waals surface area (Å²) in [4.78, 5) is 12.3. The molecule has 5 heteroatoms. The average Bonchev–Trinajstić information content (AvgIpc) is 2.46. The number of carbonyl (C=O) groups excluding carboxylic acids is 1. The minimum absolute atomic E-state index is 0.0985. The Morgan fingerprint density at radius 3 is 2.57 bits per heavy atom. The van der Waals surface area contributed by atoms with Crippen molar-refractivity contribution < 1.29 is 4.79 Å². The fourth-order valence-corrected chi connectivity index (χ4v) is 2.30. The van der Waals surface area contributed by atoms with E-state index in [9.17, 15) is 4.79 Å². The van der Waals surface area contributed by atoms with E-state index >= 15 is 0 Å². The molecule has 0 radical (unpaired) electrons. The van der Waals surface area contributed by atoms with Gasteiger partial charge in [-0.3, -0.25) is 4.79 Å². The number of hydrogen-bond donors (Lipinski definition) is 2. The van der Waals surface area contributed by atoms with Gasteiger partial charge < -0.3 is 11.1 Å². The van der Waals surface area contributed by atoms with Crippen molar-refractivity contribution in [3.8, 4) is 0 Å². The molecule has 0 aliphatic rings. The van der Waals surface area contributed by atoms with Gasteiger partial charge in [-0.05, 0) is 30.2 Å². The molecular weight excluding hydrogens is 304 g/mol. The molecule has 108 valence electrons. The van der Waals surface area contributed by atoms with E-state index in [-0.39, 0.29) is 10.9 Å². The van der Waals surface area contributed by atoms with Crippen molar-refractivity contribution in [2.45, 2.75) is 12.8 Å². The molecule has 0 aliphatic carbocycles. The first-order valence-electron chi connectivity index (χ1n) is 6.49. The Bertz CT molecular complexity index is 659. The fraction of sp³-hybridized carbons (Fsp3) is 0.125. The first-order valence-corrected chi connectivity index (χ1v) is 7.28. The minimum Gasteiger partial charge on any atom is -0.389 e. The number of amides is 1. The molecule has 2 aromatic rings. The number of thiocarbonyl (C=S) groups is 1. The average molecular weight is 319 g/mol. The van der Waals surface area contributed by atoms with Crippen molar-refractivity contribution in [2.75, 3.05) is 5.32 Å². The molecule has 21 heavy (non-hydrogen) atoms. The summed E-state index contributed by atoms with van der Waals surface area (Å²) in [5, 5.41) is 3.33. The molecule has 0 aliphatic heterocycles. The number of benzene rings is 2. The van der Waals surface area contributed by atoms with Crippen LogP contribution >= 0.6 is 23.8 Å². The summed E-state index contributed by atoms with van der Waals surface area (Å²) in [7, 11) is 0. The molecule has 3 nitrogen and oxygen atoms in total. The molecule has 0 unspecified atom stereocenters. The normalized spacial score (nSPS) is 10.1. The third-order valence-corrected chi connectivity index (χ3v) is 3.46. The number of carbonyl (C=O) groups is 1. The van der Waals surface area contributed by atoms with Gasteiger partial charge in [-0.15, -0.1) is 0 Å². The largest absolute Gasteiger partial charge is 0.389 e. The van der Waals surface area contributed by atoms with E-state index in [1.807, 2.05) is 30.3 Å². The number of rotatable bonds is 5. The van der Waals surface area contributed by atoms with E-state index < -0.39 is 0 Å². The maximum absolute atomic E-state index is 12.0. The first-order chi connectivity index (χ1) is 10.1. The first kappa shape index (κ1) is 15.5. The molecule has 3 N–H and O–H groups in total. The summed E-state index contributed by atoms with van der Waals surface area (Å²) in [5.74, 6) is -0.0985. The van der Waals surface area contributed by atoms with Gasteiger partial charge in [-0.1, -0.05) is 54.2 Å². The molecular formula is C16H15ClN2OS. The van der Waals surface area contributed by atoms with Gasteiger partial charge >= 0.3 is 0 Å². The third-order valence-electron chi connectivity index (χ3n) is 3.00. The van der Waals surface area contributed by atoms with Crippen LogP contribution in [0.5, 0.6) is 0 Å². The summed E-state index contributed by atoms with van der Waals surface area (Å²) in [5.41, 5.74) is 7.92. The molecule has 2 rings (SSSR count). The van der Waals surface area contributed by atoms with E-state index in [1.54, 1.807) is 18.2 Å². The highest BCUT2D eigenvalue weighted by molar-refractivity contribution is 7.80. The maximum atomic E-state index is 12.0. The Hall–Kier alpha value is -1.91. The van der Waals surface area contributed by atoms with Crippen LogP contribution in [-0.4, -0.2) is 10.9 Å². The monoisotopic (exact) mass is 318 g/mol. The smallest absolute Gasteiger partial charge is 0.224 e. The second kappa shape index (κ2) is 7.20. The molecule has 0 atom stereocenters. The maximum Gasteiger partial charge on any atom is 0.224 e. The van der Waals surface area contributed by atoms with Crippen LogP contribution in [0, 0.1) is 0 Å². The van der Waals surface area contributed by atoms with E-state index in [0.717, 1.165) is 5.56 Å². The zero-order chi connectivity index (χ0) is 15.2. The van der Waals surface area contributed by atoms with Gasteiger partial charge in [0.25, 0.3) is 0 Å². The van der Waals surface area contributed by atoms with Gasteiger partial charge in [-0.25, -0.2) is 0 Å². The van der Waals surface area contributed by atoms with Gasteiger partial charge in [0, 0.05) is 17.0 Å². The Morgan fingerprint density at radius 1 is 1.19 bits per heavy atom. The van der Waals surface area contributed by atoms with Gasteiger partial charge in [0.1, 0.15) is 4.99 Å². The number of hydrogen-bond acceptors (Lipinski definition) is 2. The highest BCUT2D eigenvalue weighted by Gasteiger charge is 2.09. The molecule has 0 saturated carbocycles. The predicted molar refractivity (Wildman–Crippen MR) is 90.7 cm³/mol. The minimum atomic E-state index is -0.0985. The quantitative estimate of drug-likeness (QED) is 0.829. The molecule has 0 fully saturated rings. The van der Waals surface area contributed by atoms with Gasteiger partial charge in [-0.2, -0.15) is 0 Å². The molecule has 1 amide bonds. The van der Waals surface area contributed by atoms with Gasteiger partial charge in [0.15, 0.2) is 0 Å². The number of nitrogens with one attached hydrogen (secondary N) is 1. The third kappa shape index (κ3) is 4.55. The lowest BCUT2D eigenvalue weighted by molar-refractivity contribution is -0.116. The standard InChI is InChI=1S/C16H15ClN2OS/c17-12-7-8-13(16(18)21)14(10-12)19-15(20)9-6-11-4-2-1-3-5-11/h1-5,7-8,10H,6,9H2,(H2,18,21)(H,19,20). The van der Waals surface area contributed by atoms with Crippen molar-refractivity contribution in [2.24, 2.45) is 5.73 Å². The zero-order valence-corrected chi connectivity index (χ0v) is 12.9.